The summed E-state index contributed by atoms with van der Waals surface area (Å²) >= 11 is 3.29. The lowest BCUT2D eigenvalue weighted by Crippen LogP contribution is -2.14. The summed E-state index contributed by atoms with van der Waals surface area (Å²) in [5, 5.41) is 17.8. The molecular formula is C13H12BrNO3. The minimum atomic E-state index is -1.01. The van der Waals surface area contributed by atoms with Crippen LogP contribution < -0.4 is 4.74 Å². The van der Waals surface area contributed by atoms with Crippen molar-refractivity contribution in [1.82, 2.24) is 0 Å². The van der Waals surface area contributed by atoms with Crippen LogP contribution in [0.15, 0.2) is 22.7 Å². The fourth-order valence-corrected chi connectivity index (χ4v) is 2.08. The van der Waals surface area contributed by atoms with Gasteiger partial charge in [-0.05, 0) is 31.0 Å². The Kier molecular flexibility index (Phi) is 3.58. The molecule has 0 unspecified atom stereocenters. The minimum Gasteiger partial charge on any atom is -0.492 e. The number of aromatic carboxylic acids is 1. The van der Waals surface area contributed by atoms with Gasteiger partial charge in [0.1, 0.15) is 11.3 Å². The summed E-state index contributed by atoms with van der Waals surface area (Å²) in [4.78, 5) is 11.1. The van der Waals surface area contributed by atoms with Gasteiger partial charge in [0.05, 0.1) is 12.7 Å². The molecule has 1 saturated carbocycles. The molecule has 0 radical (unpaired) electrons. The first-order chi connectivity index (χ1) is 8.56. The number of nitrogens with zero attached hydrogens (tertiary/aromatic N) is 1. The SMILES string of the molecule is N#CCC1(COc2cc(Br)ccc2C(=O)O)CC1. The van der Waals surface area contributed by atoms with E-state index in [9.17, 15) is 4.79 Å². The fourth-order valence-electron chi connectivity index (χ4n) is 1.74. The molecular weight excluding hydrogens is 298 g/mol. The number of hydrogen-bond donors (Lipinski definition) is 1. The fraction of sp³-hybridized carbons (Fsp3) is 0.385. The van der Waals surface area contributed by atoms with Crippen molar-refractivity contribution in [3.8, 4) is 11.8 Å². The van der Waals surface area contributed by atoms with Crippen LogP contribution in [0.5, 0.6) is 5.75 Å². The van der Waals surface area contributed by atoms with Crippen molar-refractivity contribution >= 4 is 21.9 Å². The molecule has 1 aliphatic rings. The minimum absolute atomic E-state index is 0.0627. The van der Waals surface area contributed by atoms with Gasteiger partial charge in [-0.1, -0.05) is 15.9 Å². The summed E-state index contributed by atoms with van der Waals surface area (Å²) in [5.74, 6) is -0.663. The molecule has 0 heterocycles. The van der Waals surface area contributed by atoms with Crippen LogP contribution in [0.4, 0.5) is 0 Å². The van der Waals surface area contributed by atoms with Gasteiger partial charge in [0.15, 0.2) is 0 Å². The number of nitriles is 1. The molecule has 0 atom stereocenters. The highest BCUT2D eigenvalue weighted by Gasteiger charge is 2.43. The number of carbonyl (C=O) groups is 1. The van der Waals surface area contributed by atoms with Gasteiger partial charge in [-0.2, -0.15) is 5.26 Å². The molecule has 1 aromatic rings. The molecule has 0 saturated heterocycles. The average molecular weight is 310 g/mol. The van der Waals surface area contributed by atoms with Crippen molar-refractivity contribution in [3.05, 3.63) is 28.2 Å². The van der Waals surface area contributed by atoms with Crippen LogP contribution in [-0.4, -0.2) is 17.7 Å². The van der Waals surface area contributed by atoms with E-state index in [1.54, 1.807) is 12.1 Å². The van der Waals surface area contributed by atoms with Crippen molar-refractivity contribution in [2.24, 2.45) is 5.41 Å². The number of carboxylic acids is 1. The molecule has 1 aromatic carbocycles. The Morgan fingerprint density at radius 3 is 2.83 bits per heavy atom. The van der Waals surface area contributed by atoms with Crippen LogP contribution in [-0.2, 0) is 0 Å². The standard InChI is InChI=1S/C13H12BrNO3/c14-9-1-2-10(12(16)17)11(7-9)18-8-13(3-4-13)5-6-15/h1-2,7H,3-5,8H2,(H,16,17). The molecule has 0 spiro atoms. The van der Waals surface area contributed by atoms with E-state index < -0.39 is 5.97 Å². The summed E-state index contributed by atoms with van der Waals surface area (Å²) in [6, 6.07) is 6.97. The molecule has 1 aliphatic carbocycles. The van der Waals surface area contributed by atoms with Gasteiger partial charge >= 0.3 is 5.97 Å². The van der Waals surface area contributed by atoms with Gasteiger partial charge in [0.25, 0.3) is 0 Å². The molecule has 0 aromatic heterocycles. The number of hydrogen-bond acceptors (Lipinski definition) is 3. The van der Waals surface area contributed by atoms with Crippen LogP contribution in [0.1, 0.15) is 29.6 Å². The van der Waals surface area contributed by atoms with Crippen LogP contribution in [0, 0.1) is 16.7 Å². The monoisotopic (exact) mass is 309 g/mol. The van der Waals surface area contributed by atoms with Crippen LogP contribution in [0.25, 0.3) is 0 Å². The highest BCUT2D eigenvalue weighted by atomic mass is 79.9. The Morgan fingerprint density at radius 1 is 1.56 bits per heavy atom. The zero-order chi connectivity index (χ0) is 13.2. The molecule has 18 heavy (non-hydrogen) atoms. The van der Waals surface area contributed by atoms with E-state index in [0.717, 1.165) is 17.3 Å². The van der Waals surface area contributed by atoms with Gasteiger partial charge in [0, 0.05) is 16.3 Å². The summed E-state index contributed by atoms with van der Waals surface area (Å²) in [6.07, 6.45) is 2.40. The van der Waals surface area contributed by atoms with Crippen molar-refractivity contribution in [2.45, 2.75) is 19.3 Å². The lowest BCUT2D eigenvalue weighted by Gasteiger charge is -2.14. The number of carboxylic acid groups (broad SMARTS) is 1. The smallest absolute Gasteiger partial charge is 0.339 e. The van der Waals surface area contributed by atoms with Crippen molar-refractivity contribution in [1.29, 1.82) is 5.26 Å². The van der Waals surface area contributed by atoms with Gasteiger partial charge in [-0.3, -0.25) is 0 Å². The number of ether oxygens (including phenoxy) is 1. The summed E-state index contributed by atoms with van der Waals surface area (Å²) in [6.45, 7) is 0.400. The van der Waals surface area contributed by atoms with E-state index in [1.807, 2.05) is 0 Å². The summed E-state index contributed by atoms with van der Waals surface area (Å²) in [7, 11) is 0. The Bertz CT molecular complexity index is 517. The third-order valence-corrected chi connectivity index (χ3v) is 3.61. The zero-order valence-corrected chi connectivity index (χ0v) is 11.2. The maximum atomic E-state index is 11.1. The molecule has 5 heteroatoms. The second-order valence-electron chi connectivity index (χ2n) is 4.57. The Balaban J connectivity index is 2.11. The van der Waals surface area contributed by atoms with E-state index in [4.69, 9.17) is 15.1 Å². The van der Waals surface area contributed by atoms with E-state index in [1.165, 1.54) is 6.07 Å². The first-order valence-electron chi connectivity index (χ1n) is 5.59. The molecule has 4 nitrogen and oxygen atoms in total. The molecule has 94 valence electrons. The van der Waals surface area contributed by atoms with Crippen LogP contribution >= 0.6 is 15.9 Å². The normalized spacial score (nSPS) is 15.8. The van der Waals surface area contributed by atoms with E-state index in [0.29, 0.717) is 18.8 Å². The zero-order valence-electron chi connectivity index (χ0n) is 9.65. The molecule has 0 amide bonds. The predicted molar refractivity (Wildman–Crippen MR) is 68.5 cm³/mol. The third-order valence-electron chi connectivity index (χ3n) is 3.12. The number of halogens is 1. The van der Waals surface area contributed by atoms with Gasteiger partial charge in [0.2, 0.25) is 0 Å². The summed E-state index contributed by atoms with van der Waals surface area (Å²) in [5.41, 5.74) is 0.0817. The molecule has 0 bridgehead atoms. The largest absolute Gasteiger partial charge is 0.492 e. The first-order valence-corrected chi connectivity index (χ1v) is 6.38. The number of benzene rings is 1. The predicted octanol–water partition coefficient (Wildman–Crippen LogP) is 3.22. The maximum Gasteiger partial charge on any atom is 0.339 e. The van der Waals surface area contributed by atoms with Crippen LogP contribution in [0.2, 0.25) is 0 Å². The van der Waals surface area contributed by atoms with E-state index >= 15 is 0 Å². The van der Waals surface area contributed by atoms with Gasteiger partial charge < -0.3 is 9.84 Å². The summed E-state index contributed by atoms with van der Waals surface area (Å²) < 4.78 is 6.37. The molecule has 1 fully saturated rings. The highest BCUT2D eigenvalue weighted by molar-refractivity contribution is 9.10. The first kappa shape index (κ1) is 12.9. The van der Waals surface area contributed by atoms with Crippen molar-refractivity contribution < 1.29 is 14.6 Å². The molecule has 2 rings (SSSR count). The topological polar surface area (TPSA) is 70.3 Å². The Hall–Kier alpha value is -1.54. The lowest BCUT2D eigenvalue weighted by atomic mass is 10.1. The maximum absolute atomic E-state index is 11.1. The highest BCUT2D eigenvalue weighted by Crippen LogP contribution is 2.48. The van der Waals surface area contributed by atoms with Crippen LogP contribution in [0.3, 0.4) is 0 Å². The van der Waals surface area contributed by atoms with E-state index in [2.05, 4.69) is 22.0 Å². The van der Waals surface area contributed by atoms with Crippen molar-refractivity contribution in [3.63, 3.8) is 0 Å². The van der Waals surface area contributed by atoms with Gasteiger partial charge in [-0.25, -0.2) is 4.79 Å². The lowest BCUT2D eigenvalue weighted by molar-refractivity contribution is 0.0690. The third kappa shape index (κ3) is 2.82. The molecule has 1 N–H and O–H groups in total. The Labute approximate surface area is 113 Å². The number of rotatable bonds is 5. The van der Waals surface area contributed by atoms with E-state index in [-0.39, 0.29) is 11.0 Å². The second kappa shape index (κ2) is 4.99. The average Bonchev–Trinajstić information content (AvgIpc) is 3.07. The van der Waals surface area contributed by atoms with Gasteiger partial charge in [-0.15, -0.1) is 0 Å². The van der Waals surface area contributed by atoms with Crippen molar-refractivity contribution in [2.75, 3.05) is 6.61 Å². The second-order valence-corrected chi connectivity index (χ2v) is 5.48. The quantitative estimate of drug-likeness (QED) is 0.906. The Morgan fingerprint density at radius 2 is 2.28 bits per heavy atom. The molecule has 0 aliphatic heterocycles.